The Bertz CT molecular complexity index is 539. The summed E-state index contributed by atoms with van der Waals surface area (Å²) in [6.07, 6.45) is 3.34. The molecule has 1 aromatic heterocycles. The van der Waals surface area contributed by atoms with Crippen molar-refractivity contribution in [3.63, 3.8) is 0 Å². The molecule has 1 saturated carbocycles. The van der Waals surface area contributed by atoms with Crippen LogP contribution in [0.1, 0.15) is 50.2 Å². The van der Waals surface area contributed by atoms with Gasteiger partial charge in [-0.05, 0) is 31.4 Å². The second kappa shape index (κ2) is 8.15. The number of furan rings is 1. The summed E-state index contributed by atoms with van der Waals surface area (Å²) in [5, 5.41) is 12.1. The predicted molar refractivity (Wildman–Crippen MR) is 83.9 cm³/mol. The molecule has 0 aromatic carbocycles. The molecule has 1 aliphatic rings. The summed E-state index contributed by atoms with van der Waals surface area (Å²) < 4.78 is 10.9. The third-order valence-electron chi connectivity index (χ3n) is 4.42. The van der Waals surface area contributed by atoms with Crippen LogP contribution < -0.4 is 5.32 Å². The number of carbonyl (C=O) groups is 2. The van der Waals surface area contributed by atoms with Crippen LogP contribution in [0.4, 0.5) is 0 Å². The maximum absolute atomic E-state index is 12.5. The number of amides is 1. The van der Waals surface area contributed by atoms with Gasteiger partial charge in [-0.2, -0.15) is 0 Å². The second-order valence-electron chi connectivity index (χ2n) is 6.07. The van der Waals surface area contributed by atoms with E-state index in [0.717, 1.165) is 25.0 Å². The molecular weight excluding hydrogens is 298 g/mol. The molecule has 1 amide bonds. The molecule has 3 atom stereocenters. The Labute approximate surface area is 136 Å². The third-order valence-corrected chi connectivity index (χ3v) is 4.42. The number of aryl methyl sites for hydroxylation is 1. The van der Waals surface area contributed by atoms with E-state index in [1.807, 2.05) is 19.1 Å². The molecule has 0 saturated heterocycles. The maximum atomic E-state index is 12.5. The van der Waals surface area contributed by atoms with Gasteiger partial charge in [-0.1, -0.05) is 13.3 Å². The number of hydrogen-bond acceptors (Lipinski definition) is 4. The van der Waals surface area contributed by atoms with Crippen molar-refractivity contribution in [3.05, 3.63) is 23.7 Å². The molecule has 0 aliphatic heterocycles. The number of ether oxygens (including phenoxy) is 1. The van der Waals surface area contributed by atoms with Gasteiger partial charge in [-0.3, -0.25) is 9.59 Å². The second-order valence-corrected chi connectivity index (χ2v) is 6.07. The van der Waals surface area contributed by atoms with Crippen LogP contribution in [0.2, 0.25) is 0 Å². The molecule has 0 bridgehead atoms. The van der Waals surface area contributed by atoms with Gasteiger partial charge in [-0.15, -0.1) is 0 Å². The lowest BCUT2D eigenvalue weighted by molar-refractivity contribution is -0.144. The average molecular weight is 323 g/mol. The van der Waals surface area contributed by atoms with Crippen LogP contribution >= 0.6 is 0 Å². The number of nitrogens with one attached hydrogen (secondary N) is 1. The van der Waals surface area contributed by atoms with Crippen molar-refractivity contribution >= 4 is 11.9 Å². The molecule has 1 aliphatic carbocycles. The topological polar surface area (TPSA) is 88.8 Å². The summed E-state index contributed by atoms with van der Waals surface area (Å²) in [4.78, 5) is 23.6. The number of carboxylic acid groups (broad SMARTS) is 1. The summed E-state index contributed by atoms with van der Waals surface area (Å²) in [6, 6.07) is 3.40. The van der Waals surface area contributed by atoms with Gasteiger partial charge in [0.15, 0.2) is 0 Å². The fraction of sp³-hybridized carbons (Fsp3) is 0.647. The molecule has 0 spiro atoms. The molecule has 23 heavy (non-hydrogen) atoms. The zero-order valence-corrected chi connectivity index (χ0v) is 13.7. The standard InChI is InChI=1S/C17H25NO5/c1-3-13-7-8-15(23-13)14(10-22-2)18-16(19)11-5-4-6-12(9-11)17(20)21/h7-8,11-12,14H,3-6,9-10H2,1-2H3,(H,18,19)(H,20,21). The van der Waals surface area contributed by atoms with E-state index in [1.165, 1.54) is 0 Å². The van der Waals surface area contributed by atoms with Gasteiger partial charge >= 0.3 is 5.97 Å². The van der Waals surface area contributed by atoms with Crippen LogP contribution in [-0.2, 0) is 20.7 Å². The molecule has 128 valence electrons. The first-order valence-electron chi connectivity index (χ1n) is 8.15. The third kappa shape index (κ3) is 4.58. The van der Waals surface area contributed by atoms with Gasteiger partial charge in [0.2, 0.25) is 5.91 Å². The highest BCUT2D eigenvalue weighted by Gasteiger charge is 2.32. The largest absolute Gasteiger partial charge is 0.481 e. The molecule has 0 radical (unpaired) electrons. The summed E-state index contributed by atoms with van der Waals surface area (Å²) in [5.74, 6) is -0.0795. The van der Waals surface area contributed by atoms with Crippen LogP contribution in [0.15, 0.2) is 16.5 Å². The average Bonchev–Trinajstić information content (AvgIpc) is 3.03. The van der Waals surface area contributed by atoms with E-state index >= 15 is 0 Å². The van der Waals surface area contributed by atoms with Crippen molar-refractivity contribution in [1.29, 1.82) is 0 Å². The molecule has 1 aromatic rings. The van der Waals surface area contributed by atoms with Gasteiger partial charge in [-0.25, -0.2) is 0 Å². The van der Waals surface area contributed by atoms with Crippen molar-refractivity contribution in [2.24, 2.45) is 11.8 Å². The Kier molecular flexibility index (Phi) is 6.21. The fourth-order valence-corrected chi connectivity index (χ4v) is 3.08. The van der Waals surface area contributed by atoms with Crippen LogP contribution in [0.3, 0.4) is 0 Å². The van der Waals surface area contributed by atoms with Crippen LogP contribution in [0, 0.1) is 11.8 Å². The summed E-state index contributed by atoms with van der Waals surface area (Å²) in [6.45, 7) is 2.32. The number of carboxylic acids is 1. The number of aliphatic carboxylic acids is 1. The fourth-order valence-electron chi connectivity index (χ4n) is 3.08. The number of methoxy groups -OCH3 is 1. The Morgan fingerprint density at radius 3 is 2.74 bits per heavy atom. The van der Waals surface area contributed by atoms with Crippen molar-refractivity contribution < 1.29 is 23.8 Å². The van der Waals surface area contributed by atoms with Gasteiger partial charge in [0, 0.05) is 19.4 Å². The lowest BCUT2D eigenvalue weighted by Crippen LogP contribution is -2.38. The van der Waals surface area contributed by atoms with Gasteiger partial charge < -0.3 is 19.6 Å². The number of hydrogen-bond donors (Lipinski definition) is 2. The minimum Gasteiger partial charge on any atom is -0.481 e. The van der Waals surface area contributed by atoms with E-state index in [2.05, 4.69) is 5.32 Å². The SMILES string of the molecule is CCc1ccc(C(COC)NC(=O)C2CCCC(C(=O)O)C2)o1. The highest BCUT2D eigenvalue weighted by molar-refractivity contribution is 5.80. The van der Waals surface area contributed by atoms with Gasteiger partial charge in [0.1, 0.15) is 17.6 Å². The monoisotopic (exact) mass is 323 g/mol. The molecule has 1 fully saturated rings. The minimum absolute atomic E-state index is 0.118. The smallest absolute Gasteiger partial charge is 0.306 e. The predicted octanol–water partition coefficient (Wildman–Crippen LogP) is 2.54. The quantitative estimate of drug-likeness (QED) is 0.805. The molecule has 1 heterocycles. The highest BCUT2D eigenvalue weighted by Crippen LogP contribution is 2.30. The molecule has 2 N–H and O–H groups in total. The van der Waals surface area contributed by atoms with Gasteiger partial charge in [0.25, 0.3) is 0 Å². The first-order valence-corrected chi connectivity index (χ1v) is 8.15. The lowest BCUT2D eigenvalue weighted by Gasteiger charge is -2.27. The lowest BCUT2D eigenvalue weighted by atomic mass is 9.81. The van der Waals surface area contributed by atoms with Crippen molar-refractivity contribution in [3.8, 4) is 0 Å². The van der Waals surface area contributed by atoms with E-state index in [-0.39, 0.29) is 17.9 Å². The first-order chi connectivity index (χ1) is 11.0. The van der Waals surface area contributed by atoms with Crippen LogP contribution in [-0.4, -0.2) is 30.7 Å². The Balaban J connectivity index is 2.01. The Morgan fingerprint density at radius 2 is 2.13 bits per heavy atom. The van der Waals surface area contributed by atoms with E-state index in [4.69, 9.17) is 14.3 Å². The Hall–Kier alpha value is -1.82. The zero-order chi connectivity index (χ0) is 16.8. The molecule has 6 nitrogen and oxygen atoms in total. The minimum atomic E-state index is -0.811. The first kappa shape index (κ1) is 17.5. The van der Waals surface area contributed by atoms with Crippen LogP contribution in [0.25, 0.3) is 0 Å². The summed E-state index contributed by atoms with van der Waals surface area (Å²) >= 11 is 0. The number of rotatable bonds is 7. The van der Waals surface area contributed by atoms with Crippen molar-refractivity contribution in [1.82, 2.24) is 5.32 Å². The van der Waals surface area contributed by atoms with Crippen LogP contribution in [0.5, 0.6) is 0 Å². The van der Waals surface area contributed by atoms with E-state index in [9.17, 15) is 9.59 Å². The maximum Gasteiger partial charge on any atom is 0.306 e. The number of carbonyl (C=O) groups excluding carboxylic acids is 1. The van der Waals surface area contributed by atoms with E-state index in [1.54, 1.807) is 7.11 Å². The molecule has 6 heteroatoms. The summed E-state index contributed by atoms with van der Waals surface area (Å²) in [5.41, 5.74) is 0. The molecule has 3 unspecified atom stereocenters. The zero-order valence-electron chi connectivity index (χ0n) is 13.7. The normalized spacial score (nSPS) is 22.5. The summed E-state index contributed by atoms with van der Waals surface area (Å²) in [7, 11) is 1.57. The van der Waals surface area contributed by atoms with Gasteiger partial charge in [0.05, 0.1) is 12.5 Å². The van der Waals surface area contributed by atoms with E-state index < -0.39 is 11.9 Å². The molecular formula is C17H25NO5. The van der Waals surface area contributed by atoms with Crippen molar-refractivity contribution in [2.75, 3.05) is 13.7 Å². The van der Waals surface area contributed by atoms with Crippen molar-refractivity contribution in [2.45, 2.75) is 45.1 Å². The van der Waals surface area contributed by atoms with E-state index in [0.29, 0.717) is 25.2 Å². The highest BCUT2D eigenvalue weighted by atomic mass is 16.5. The Morgan fingerprint density at radius 1 is 1.39 bits per heavy atom. The molecule has 2 rings (SSSR count).